The van der Waals surface area contributed by atoms with Gasteiger partial charge in [0.25, 0.3) is 0 Å². The molecule has 0 spiro atoms. The van der Waals surface area contributed by atoms with E-state index >= 15 is 0 Å². The summed E-state index contributed by atoms with van der Waals surface area (Å²) in [7, 11) is 2.19. The largest absolute Gasteiger partial charge is 0.304 e. The van der Waals surface area contributed by atoms with Gasteiger partial charge in [0.1, 0.15) is 0 Å². The first-order valence-electron chi connectivity index (χ1n) is 6.20. The van der Waals surface area contributed by atoms with E-state index in [1.54, 1.807) is 0 Å². The predicted molar refractivity (Wildman–Crippen MR) is 71.8 cm³/mol. The van der Waals surface area contributed by atoms with E-state index in [0.717, 1.165) is 12.1 Å². The second kappa shape index (κ2) is 5.86. The van der Waals surface area contributed by atoms with Crippen LogP contribution in [0.5, 0.6) is 0 Å². The van der Waals surface area contributed by atoms with Crippen molar-refractivity contribution in [2.24, 2.45) is 0 Å². The lowest BCUT2D eigenvalue weighted by Gasteiger charge is -2.32. The van der Waals surface area contributed by atoms with Gasteiger partial charge in [-0.1, -0.05) is 18.1 Å². The van der Waals surface area contributed by atoms with Gasteiger partial charge in [0.15, 0.2) is 0 Å². The summed E-state index contributed by atoms with van der Waals surface area (Å²) < 4.78 is 0. The Morgan fingerprint density at radius 3 is 2.65 bits per heavy atom. The molecule has 0 aliphatic carbocycles. The van der Waals surface area contributed by atoms with Crippen molar-refractivity contribution in [3.8, 4) is 11.8 Å². The lowest BCUT2D eigenvalue weighted by atomic mass is 10.1. The zero-order chi connectivity index (χ0) is 12.1. The van der Waals surface area contributed by atoms with Crippen molar-refractivity contribution in [3.05, 3.63) is 35.4 Å². The second-order valence-electron chi connectivity index (χ2n) is 4.65. The molecule has 0 radical (unpaired) electrons. The number of rotatable bonds is 2. The maximum atomic E-state index is 3.12. The monoisotopic (exact) mass is 228 g/mol. The van der Waals surface area contributed by atoms with E-state index in [2.05, 4.69) is 53.0 Å². The van der Waals surface area contributed by atoms with E-state index in [1.807, 2.05) is 6.92 Å². The van der Waals surface area contributed by atoms with Gasteiger partial charge in [0, 0.05) is 38.3 Å². The molecule has 2 nitrogen and oxygen atoms in total. The van der Waals surface area contributed by atoms with Crippen LogP contribution in [0.15, 0.2) is 24.3 Å². The highest BCUT2D eigenvalue weighted by Crippen LogP contribution is 2.09. The van der Waals surface area contributed by atoms with Gasteiger partial charge in [0.2, 0.25) is 0 Å². The molecule has 1 aliphatic heterocycles. The molecule has 2 rings (SSSR count). The SMILES string of the molecule is CC#Cc1cccc(CN2CCN(C)CC2)c1. The molecule has 0 aromatic heterocycles. The number of benzene rings is 1. The predicted octanol–water partition coefficient (Wildman–Crippen LogP) is 1.81. The van der Waals surface area contributed by atoms with Crippen molar-refractivity contribution in [1.82, 2.24) is 9.80 Å². The molecule has 1 aliphatic rings. The van der Waals surface area contributed by atoms with Crippen LogP contribution in [-0.2, 0) is 6.54 Å². The molecule has 1 saturated heterocycles. The molecule has 1 aromatic rings. The highest BCUT2D eigenvalue weighted by atomic mass is 15.2. The van der Waals surface area contributed by atoms with Crippen molar-refractivity contribution in [1.29, 1.82) is 0 Å². The van der Waals surface area contributed by atoms with Crippen LogP contribution < -0.4 is 0 Å². The molecule has 1 aromatic carbocycles. The third-order valence-electron chi connectivity index (χ3n) is 3.20. The van der Waals surface area contributed by atoms with Crippen LogP contribution in [0.2, 0.25) is 0 Å². The smallest absolute Gasteiger partial charge is 0.0248 e. The Morgan fingerprint density at radius 1 is 1.18 bits per heavy atom. The van der Waals surface area contributed by atoms with E-state index in [-0.39, 0.29) is 0 Å². The Morgan fingerprint density at radius 2 is 1.94 bits per heavy atom. The average Bonchev–Trinajstić information content (AvgIpc) is 2.33. The normalized spacial score (nSPS) is 17.5. The van der Waals surface area contributed by atoms with Gasteiger partial charge in [-0.15, -0.1) is 5.92 Å². The first kappa shape index (κ1) is 12.2. The Balaban J connectivity index is 1.98. The maximum Gasteiger partial charge on any atom is 0.0248 e. The molecule has 0 N–H and O–H groups in total. The summed E-state index contributed by atoms with van der Waals surface area (Å²) >= 11 is 0. The third-order valence-corrected chi connectivity index (χ3v) is 3.20. The van der Waals surface area contributed by atoms with E-state index < -0.39 is 0 Å². The van der Waals surface area contributed by atoms with Crippen molar-refractivity contribution in [2.45, 2.75) is 13.5 Å². The number of hydrogen-bond donors (Lipinski definition) is 0. The van der Waals surface area contributed by atoms with Crippen LogP contribution in [0.3, 0.4) is 0 Å². The minimum absolute atomic E-state index is 1.05. The zero-order valence-electron chi connectivity index (χ0n) is 10.7. The first-order valence-corrected chi connectivity index (χ1v) is 6.20. The molecular weight excluding hydrogens is 208 g/mol. The molecule has 0 saturated carbocycles. The molecule has 0 bridgehead atoms. The maximum absolute atomic E-state index is 3.12. The van der Waals surface area contributed by atoms with Gasteiger partial charge in [-0.05, 0) is 31.7 Å². The summed E-state index contributed by atoms with van der Waals surface area (Å²) in [5.41, 5.74) is 2.49. The number of nitrogens with zero attached hydrogens (tertiary/aromatic N) is 2. The summed E-state index contributed by atoms with van der Waals surface area (Å²) in [5.74, 6) is 6.07. The lowest BCUT2D eigenvalue weighted by molar-refractivity contribution is 0.148. The summed E-state index contributed by atoms with van der Waals surface area (Å²) in [5, 5.41) is 0. The standard InChI is InChI=1S/C15H20N2/c1-3-5-14-6-4-7-15(12-14)13-17-10-8-16(2)9-11-17/h4,6-7,12H,8-11,13H2,1-2H3. The molecule has 0 atom stereocenters. The Hall–Kier alpha value is -1.30. The zero-order valence-corrected chi connectivity index (χ0v) is 10.7. The second-order valence-corrected chi connectivity index (χ2v) is 4.65. The van der Waals surface area contributed by atoms with Gasteiger partial charge < -0.3 is 4.90 Å². The minimum atomic E-state index is 1.05. The van der Waals surface area contributed by atoms with E-state index in [1.165, 1.54) is 31.7 Å². The third kappa shape index (κ3) is 3.59. The average molecular weight is 228 g/mol. The minimum Gasteiger partial charge on any atom is -0.304 e. The van der Waals surface area contributed by atoms with Gasteiger partial charge in [-0.3, -0.25) is 4.90 Å². The fraction of sp³-hybridized carbons (Fsp3) is 0.467. The van der Waals surface area contributed by atoms with Crippen LogP contribution >= 0.6 is 0 Å². The number of likely N-dealkylation sites (N-methyl/N-ethyl adjacent to an activating group) is 1. The molecular formula is C15H20N2. The van der Waals surface area contributed by atoms with Crippen LogP contribution in [0.25, 0.3) is 0 Å². The van der Waals surface area contributed by atoms with E-state index in [0.29, 0.717) is 0 Å². The fourth-order valence-electron chi connectivity index (χ4n) is 2.16. The quantitative estimate of drug-likeness (QED) is 0.712. The topological polar surface area (TPSA) is 6.48 Å². The highest BCUT2D eigenvalue weighted by Gasteiger charge is 2.13. The molecule has 1 heterocycles. The molecule has 17 heavy (non-hydrogen) atoms. The van der Waals surface area contributed by atoms with Crippen LogP contribution in [0.1, 0.15) is 18.1 Å². The molecule has 0 amide bonds. The van der Waals surface area contributed by atoms with Gasteiger partial charge in [-0.25, -0.2) is 0 Å². The van der Waals surface area contributed by atoms with E-state index in [4.69, 9.17) is 0 Å². The molecule has 90 valence electrons. The summed E-state index contributed by atoms with van der Waals surface area (Å²) in [6.45, 7) is 7.61. The fourth-order valence-corrected chi connectivity index (χ4v) is 2.16. The Kier molecular flexibility index (Phi) is 4.19. The first-order chi connectivity index (χ1) is 8.28. The lowest BCUT2D eigenvalue weighted by Crippen LogP contribution is -2.43. The summed E-state index contributed by atoms with van der Waals surface area (Å²) in [6.07, 6.45) is 0. The highest BCUT2D eigenvalue weighted by molar-refractivity contribution is 5.36. The van der Waals surface area contributed by atoms with E-state index in [9.17, 15) is 0 Å². The number of piperazine rings is 1. The van der Waals surface area contributed by atoms with Crippen LogP contribution in [0.4, 0.5) is 0 Å². The summed E-state index contributed by atoms with van der Waals surface area (Å²) in [6, 6.07) is 8.57. The molecule has 1 fully saturated rings. The molecule has 2 heteroatoms. The Bertz CT molecular complexity index is 420. The van der Waals surface area contributed by atoms with Gasteiger partial charge in [0.05, 0.1) is 0 Å². The number of hydrogen-bond acceptors (Lipinski definition) is 2. The van der Waals surface area contributed by atoms with Gasteiger partial charge in [-0.2, -0.15) is 0 Å². The van der Waals surface area contributed by atoms with Crippen LogP contribution in [-0.4, -0.2) is 43.0 Å². The van der Waals surface area contributed by atoms with Gasteiger partial charge >= 0.3 is 0 Å². The van der Waals surface area contributed by atoms with Crippen molar-refractivity contribution in [3.63, 3.8) is 0 Å². The Labute approximate surface area is 104 Å². The van der Waals surface area contributed by atoms with Crippen LogP contribution in [0, 0.1) is 11.8 Å². The van der Waals surface area contributed by atoms with Crippen molar-refractivity contribution in [2.75, 3.05) is 33.2 Å². The van der Waals surface area contributed by atoms with Crippen molar-refractivity contribution >= 4 is 0 Å². The van der Waals surface area contributed by atoms with Crippen molar-refractivity contribution < 1.29 is 0 Å². The summed E-state index contributed by atoms with van der Waals surface area (Å²) in [4.78, 5) is 4.90. The molecule has 0 unspecified atom stereocenters.